The van der Waals surface area contributed by atoms with Crippen molar-refractivity contribution in [1.29, 1.82) is 0 Å². The summed E-state index contributed by atoms with van der Waals surface area (Å²) in [4.78, 5) is 17.0. The molecule has 0 amide bonds. The average molecular weight is 357 g/mol. The van der Waals surface area contributed by atoms with Crippen molar-refractivity contribution in [3.05, 3.63) is 68.7 Å². The lowest BCUT2D eigenvalue weighted by molar-refractivity contribution is 0.0996. The number of Topliss-reactive ketones (excluding diaryl/α,β-unsaturated/α-hetero) is 1. The number of carbonyl (C=O) groups is 1. The fraction of sp³-hybridized carbons (Fsp3) is 0.125. The first-order valence-corrected chi connectivity index (χ1v) is 7.57. The van der Waals surface area contributed by atoms with Gasteiger partial charge in [0.05, 0.1) is 6.21 Å². The van der Waals surface area contributed by atoms with Gasteiger partial charge in [-0.15, -0.1) is 0 Å². The normalized spacial score (nSPS) is 10.9. The van der Waals surface area contributed by atoms with Crippen LogP contribution in [0.5, 0.6) is 0 Å². The molecule has 0 heterocycles. The van der Waals surface area contributed by atoms with E-state index in [9.17, 15) is 4.79 Å². The number of ketones is 1. The summed E-state index contributed by atoms with van der Waals surface area (Å²) in [5.74, 6) is -0.0696. The van der Waals surface area contributed by atoms with E-state index in [2.05, 4.69) is 5.16 Å². The van der Waals surface area contributed by atoms with Gasteiger partial charge in [-0.3, -0.25) is 4.79 Å². The number of nitrogens with zero attached hydrogens (tertiary/aromatic N) is 1. The minimum absolute atomic E-state index is 0.0696. The van der Waals surface area contributed by atoms with Crippen molar-refractivity contribution in [2.45, 2.75) is 13.0 Å². The van der Waals surface area contributed by atoms with Gasteiger partial charge in [-0.2, -0.15) is 0 Å². The highest BCUT2D eigenvalue weighted by atomic mass is 35.5. The van der Waals surface area contributed by atoms with Crippen LogP contribution in [0.2, 0.25) is 15.1 Å². The Kier molecular flexibility index (Phi) is 6.25. The van der Waals surface area contributed by atoms with Crippen LogP contribution in [0.15, 0.2) is 47.6 Å². The maximum Gasteiger partial charge on any atom is 0.168 e. The smallest absolute Gasteiger partial charge is 0.168 e. The molecular formula is C16H12Cl3NO2. The first-order valence-electron chi connectivity index (χ1n) is 6.43. The van der Waals surface area contributed by atoms with Crippen LogP contribution >= 0.6 is 34.8 Å². The van der Waals surface area contributed by atoms with E-state index in [4.69, 9.17) is 39.6 Å². The second-order valence-electron chi connectivity index (χ2n) is 4.40. The van der Waals surface area contributed by atoms with Crippen molar-refractivity contribution in [2.75, 3.05) is 0 Å². The summed E-state index contributed by atoms with van der Waals surface area (Å²) in [7, 11) is 0. The highest BCUT2D eigenvalue weighted by Gasteiger charge is 2.06. The monoisotopic (exact) mass is 355 g/mol. The first kappa shape index (κ1) is 16.8. The second kappa shape index (κ2) is 8.18. The molecule has 0 saturated carbocycles. The molecule has 2 rings (SSSR count). The summed E-state index contributed by atoms with van der Waals surface area (Å²) in [6.07, 6.45) is 1.54. The van der Waals surface area contributed by atoms with Crippen LogP contribution < -0.4 is 0 Å². The molecule has 0 spiro atoms. The quantitative estimate of drug-likeness (QED) is 0.393. The molecule has 2 aromatic carbocycles. The molecule has 22 heavy (non-hydrogen) atoms. The summed E-state index contributed by atoms with van der Waals surface area (Å²) in [6.45, 7) is 0.143. The highest BCUT2D eigenvalue weighted by molar-refractivity contribution is 6.35. The number of benzene rings is 2. The van der Waals surface area contributed by atoms with Crippen LogP contribution in [-0.4, -0.2) is 12.0 Å². The Labute approximate surface area is 143 Å². The lowest BCUT2D eigenvalue weighted by atomic mass is 10.1. The van der Waals surface area contributed by atoms with E-state index in [1.807, 2.05) is 0 Å². The Morgan fingerprint density at radius 2 is 1.68 bits per heavy atom. The van der Waals surface area contributed by atoms with E-state index >= 15 is 0 Å². The SMILES string of the molecule is O=C(C/C=N/OCc1c(Cl)cccc1Cl)c1ccc(Cl)cc1. The average Bonchev–Trinajstić information content (AvgIpc) is 2.50. The van der Waals surface area contributed by atoms with Gasteiger partial charge in [0.2, 0.25) is 0 Å². The van der Waals surface area contributed by atoms with E-state index in [1.165, 1.54) is 6.21 Å². The molecule has 0 aliphatic rings. The second-order valence-corrected chi connectivity index (χ2v) is 5.65. The predicted octanol–water partition coefficient (Wildman–Crippen LogP) is 5.42. The molecule has 114 valence electrons. The molecule has 0 unspecified atom stereocenters. The van der Waals surface area contributed by atoms with Crippen molar-refractivity contribution in [3.63, 3.8) is 0 Å². The topological polar surface area (TPSA) is 38.7 Å². The van der Waals surface area contributed by atoms with Gasteiger partial charge in [0.1, 0.15) is 6.61 Å². The zero-order valence-electron chi connectivity index (χ0n) is 11.4. The minimum Gasteiger partial charge on any atom is -0.391 e. The van der Waals surface area contributed by atoms with Gasteiger partial charge in [0.15, 0.2) is 5.78 Å². The minimum atomic E-state index is -0.0696. The third-order valence-corrected chi connectivity index (χ3v) is 3.82. The largest absolute Gasteiger partial charge is 0.391 e. The highest BCUT2D eigenvalue weighted by Crippen LogP contribution is 2.24. The van der Waals surface area contributed by atoms with Crippen LogP contribution in [0.1, 0.15) is 22.3 Å². The van der Waals surface area contributed by atoms with Gasteiger partial charge >= 0.3 is 0 Å². The molecule has 0 bridgehead atoms. The third kappa shape index (κ3) is 4.73. The summed E-state index contributed by atoms with van der Waals surface area (Å²) in [5.41, 5.74) is 1.23. The lowest BCUT2D eigenvalue weighted by Gasteiger charge is -2.04. The van der Waals surface area contributed by atoms with Crippen molar-refractivity contribution < 1.29 is 9.63 Å². The van der Waals surface area contributed by atoms with Crippen LogP contribution in [-0.2, 0) is 11.4 Å². The van der Waals surface area contributed by atoms with Crippen LogP contribution in [0.4, 0.5) is 0 Å². The molecule has 0 fully saturated rings. The molecule has 0 saturated heterocycles. The van der Waals surface area contributed by atoms with Crippen LogP contribution in [0.3, 0.4) is 0 Å². The van der Waals surface area contributed by atoms with Crippen molar-refractivity contribution in [1.82, 2.24) is 0 Å². The first-order chi connectivity index (χ1) is 10.6. The van der Waals surface area contributed by atoms with Crippen molar-refractivity contribution in [3.8, 4) is 0 Å². The Bertz CT molecular complexity index is 664. The van der Waals surface area contributed by atoms with Gasteiger partial charge in [0.25, 0.3) is 0 Å². The predicted molar refractivity (Wildman–Crippen MR) is 90.1 cm³/mol. The lowest BCUT2D eigenvalue weighted by Crippen LogP contribution is -1.99. The van der Waals surface area contributed by atoms with Gasteiger partial charge in [0, 0.05) is 32.6 Å². The Morgan fingerprint density at radius 1 is 1.05 bits per heavy atom. The van der Waals surface area contributed by atoms with Crippen molar-refractivity contribution in [2.24, 2.45) is 5.16 Å². The summed E-state index contributed by atoms with van der Waals surface area (Å²) < 4.78 is 0. The molecule has 0 radical (unpaired) electrons. The van der Waals surface area contributed by atoms with E-state index in [0.717, 1.165) is 0 Å². The van der Waals surface area contributed by atoms with Crippen molar-refractivity contribution >= 4 is 46.8 Å². The number of hydrogen-bond donors (Lipinski definition) is 0. The van der Waals surface area contributed by atoms with E-state index in [1.54, 1.807) is 42.5 Å². The van der Waals surface area contributed by atoms with Crippen LogP contribution in [0, 0.1) is 0 Å². The molecule has 0 aliphatic carbocycles. The maximum atomic E-state index is 11.9. The fourth-order valence-corrected chi connectivity index (χ4v) is 2.33. The zero-order chi connectivity index (χ0) is 15.9. The Morgan fingerprint density at radius 3 is 2.32 bits per heavy atom. The zero-order valence-corrected chi connectivity index (χ0v) is 13.7. The molecule has 0 aromatic heterocycles. The summed E-state index contributed by atoms with van der Waals surface area (Å²) in [6, 6.07) is 11.9. The number of hydrogen-bond acceptors (Lipinski definition) is 3. The summed E-state index contributed by atoms with van der Waals surface area (Å²) >= 11 is 17.8. The molecule has 0 atom stereocenters. The summed E-state index contributed by atoms with van der Waals surface area (Å²) in [5, 5.41) is 5.36. The molecular weight excluding hydrogens is 345 g/mol. The molecule has 6 heteroatoms. The standard InChI is InChI=1S/C16H12Cl3NO2/c17-12-6-4-11(5-7-12)16(21)8-9-20-22-10-13-14(18)2-1-3-15(13)19/h1-7,9H,8,10H2/b20-9+. The molecule has 0 N–H and O–H groups in total. The Balaban J connectivity index is 1.83. The Hall–Kier alpha value is -1.55. The van der Waals surface area contributed by atoms with E-state index in [0.29, 0.717) is 26.2 Å². The number of oxime groups is 1. The number of carbonyl (C=O) groups excluding carboxylic acids is 1. The number of rotatable bonds is 6. The number of halogens is 3. The van der Waals surface area contributed by atoms with Crippen LogP contribution in [0.25, 0.3) is 0 Å². The van der Waals surface area contributed by atoms with Gasteiger partial charge in [-0.05, 0) is 36.4 Å². The molecule has 2 aromatic rings. The molecule has 3 nitrogen and oxygen atoms in total. The fourth-order valence-electron chi connectivity index (χ4n) is 1.70. The van der Waals surface area contributed by atoms with Gasteiger partial charge in [-0.25, -0.2) is 0 Å². The van der Waals surface area contributed by atoms with Gasteiger partial charge in [-0.1, -0.05) is 46.0 Å². The molecule has 0 aliphatic heterocycles. The maximum absolute atomic E-state index is 11.9. The van der Waals surface area contributed by atoms with E-state index < -0.39 is 0 Å². The third-order valence-electron chi connectivity index (χ3n) is 2.86. The van der Waals surface area contributed by atoms with Gasteiger partial charge < -0.3 is 4.84 Å². The van der Waals surface area contributed by atoms with E-state index in [-0.39, 0.29) is 18.8 Å².